The molecule has 0 fully saturated rings. The molecule has 2 heterocycles. The van der Waals surface area contributed by atoms with Gasteiger partial charge in [0.15, 0.2) is 0 Å². The van der Waals surface area contributed by atoms with E-state index in [2.05, 4.69) is 20.7 Å². The van der Waals surface area contributed by atoms with Crippen molar-refractivity contribution >= 4 is 23.2 Å². The fourth-order valence-electron chi connectivity index (χ4n) is 3.08. The van der Waals surface area contributed by atoms with Gasteiger partial charge in [-0.25, -0.2) is 4.98 Å². The van der Waals surface area contributed by atoms with E-state index in [9.17, 15) is 14.0 Å². The normalized spacial score (nSPS) is 10.6. The van der Waals surface area contributed by atoms with Crippen LogP contribution in [-0.2, 0) is 16.1 Å². The summed E-state index contributed by atoms with van der Waals surface area (Å²) in [6, 6.07) is 10.6. The average Bonchev–Trinajstić information content (AvgIpc) is 3.23. The maximum Gasteiger partial charge on any atom is 0.244 e. The first-order valence-corrected chi connectivity index (χ1v) is 10.9. The van der Waals surface area contributed by atoms with Gasteiger partial charge in [-0.3, -0.25) is 14.3 Å². The Morgan fingerprint density at radius 3 is 2.65 bits per heavy atom. The van der Waals surface area contributed by atoms with E-state index in [0.717, 1.165) is 11.3 Å². The molecule has 180 valence electrons. The number of nitrogens with zero attached hydrogens (tertiary/aromatic N) is 4. The molecule has 1 aromatic carbocycles. The highest BCUT2D eigenvalue weighted by Crippen LogP contribution is 2.13. The van der Waals surface area contributed by atoms with Crippen molar-refractivity contribution in [3.8, 4) is 5.75 Å². The molecule has 0 unspecified atom stereocenters. The maximum absolute atomic E-state index is 13.1. The van der Waals surface area contributed by atoms with Gasteiger partial charge in [-0.1, -0.05) is 17.7 Å². The number of pyridine rings is 1. The Morgan fingerprint density at radius 2 is 1.91 bits per heavy atom. The monoisotopic (exact) mass is 468 g/mol. The Balaban J connectivity index is 1.37. The second-order valence-corrected chi connectivity index (χ2v) is 7.90. The number of rotatable bonds is 11. The van der Waals surface area contributed by atoms with E-state index in [1.54, 1.807) is 31.1 Å². The molecule has 3 rings (SSSR count). The summed E-state index contributed by atoms with van der Waals surface area (Å²) in [5.74, 6) is -0.117. The highest BCUT2D eigenvalue weighted by Gasteiger charge is 2.12. The van der Waals surface area contributed by atoms with E-state index < -0.39 is 5.95 Å². The maximum atomic E-state index is 13.1. The number of aryl methyl sites for hydroxylation is 2. The summed E-state index contributed by atoms with van der Waals surface area (Å²) in [6.07, 6.45) is 3.30. The summed E-state index contributed by atoms with van der Waals surface area (Å²) in [7, 11) is 1.71. The van der Waals surface area contributed by atoms with E-state index >= 15 is 0 Å². The number of halogens is 1. The summed E-state index contributed by atoms with van der Waals surface area (Å²) in [6.45, 7) is 4.93. The largest absolute Gasteiger partial charge is 0.492 e. The zero-order chi connectivity index (χ0) is 24.5. The Morgan fingerprint density at radius 1 is 1.15 bits per heavy atom. The third kappa shape index (κ3) is 7.58. The number of hydrogen-bond donors (Lipinski definition) is 2. The van der Waals surface area contributed by atoms with Gasteiger partial charge in [-0.05, 0) is 38.1 Å². The van der Waals surface area contributed by atoms with Gasteiger partial charge in [0.25, 0.3) is 0 Å². The fourth-order valence-corrected chi connectivity index (χ4v) is 3.08. The second-order valence-electron chi connectivity index (χ2n) is 7.90. The van der Waals surface area contributed by atoms with Gasteiger partial charge in [0.2, 0.25) is 17.8 Å². The van der Waals surface area contributed by atoms with Crippen LogP contribution < -0.4 is 15.4 Å². The van der Waals surface area contributed by atoms with Crippen LogP contribution in [0.4, 0.5) is 15.8 Å². The number of hydrogen-bond acceptors (Lipinski definition) is 6. The third-order valence-electron chi connectivity index (χ3n) is 5.08. The van der Waals surface area contributed by atoms with Crippen molar-refractivity contribution in [1.29, 1.82) is 0 Å². The molecule has 2 aromatic heterocycles. The first-order valence-electron chi connectivity index (χ1n) is 10.9. The van der Waals surface area contributed by atoms with Crippen molar-refractivity contribution in [2.45, 2.75) is 26.8 Å². The lowest BCUT2D eigenvalue weighted by Crippen LogP contribution is -2.33. The lowest BCUT2D eigenvalue weighted by atomic mass is 10.2. The minimum absolute atomic E-state index is 0.0509. The molecular formula is C24H29FN6O3. The van der Waals surface area contributed by atoms with Crippen molar-refractivity contribution in [2.24, 2.45) is 0 Å². The smallest absolute Gasteiger partial charge is 0.244 e. The minimum atomic E-state index is -0.543. The van der Waals surface area contributed by atoms with Gasteiger partial charge < -0.3 is 20.3 Å². The summed E-state index contributed by atoms with van der Waals surface area (Å²) in [5, 5.41) is 9.95. The zero-order valence-corrected chi connectivity index (χ0v) is 19.5. The van der Waals surface area contributed by atoms with Crippen LogP contribution in [0.2, 0.25) is 0 Å². The molecule has 0 aliphatic rings. The Bertz CT molecular complexity index is 1120. The summed E-state index contributed by atoms with van der Waals surface area (Å²) >= 11 is 0. The van der Waals surface area contributed by atoms with Gasteiger partial charge in [-0.15, -0.1) is 0 Å². The standard InChI is InChI=1S/C24H29FN6O3/c1-17-4-6-20(7-5-17)34-13-12-30(3)24(33)16-31-15-19(14-27-31)29-23(32)10-11-26-21-8-9-22(25)28-18(21)2/h4-9,14-15,26H,10-13,16H2,1-3H3,(H,29,32). The summed E-state index contributed by atoms with van der Waals surface area (Å²) < 4.78 is 20.2. The number of amides is 2. The lowest BCUT2D eigenvalue weighted by Gasteiger charge is -2.17. The molecule has 0 aliphatic heterocycles. The van der Waals surface area contributed by atoms with Crippen LogP contribution in [-0.4, -0.2) is 58.2 Å². The van der Waals surface area contributed by atoms with Crippen LogP contribution in [0.15, 0.2) is 48.8 Å². The molecule has 0 bridgehead atoms. The van der Waals surface area contributed by atoms with Crippen LogP contribution in [0.5, 0.6) is 5.75 Å². The Labute approximate surface area is 197 Å². The minimum Gasteiger partial charge on any atom is -0.492 e. The number of aromatic nitrogens is 3. The molecule has 0 saturated heterocycles. The van der Waals surface area contributed by atoms with E-state index in [0.29, 0.717) is 36.8 Å². The zero-order valence-electron chi connectivity index (χ0n) is 19.5. The number of carbonyl (C=O) groups excluding carboxylic acids is 2. The first-order chi connectivity index (χ1) is 16.3. The molecule has 0 spiro atoms. The molecule has 0 atom stereocenters. The fraction of sp³-hybridized carbons (Fsp3) is 0.333. The van der Waals surface area contributed by atoms with Crippen LogP contribution in [0.1, 0.15) is 17.7 Å². The van der Waals surface area contributed by atoms with Crippen LogP contribution >= 0.6 is 0 Å². The molecule has 0 saturated carbocycles. The molecule has 0 aliphatic carbocycles. The van der Waals surface area contributed by atoms with Crippen LogP contribution in [0, 0.1) is 19.8 Å². The predicted octanol–water partition coefficient (Wildman–Crippen LogP) is 3.01. The topological polar surface area (TPSA) is 101 Å². The first kappa shape index (κ1) is 24.7. The second kappa shape index (κ2) is 11.8. The van der Waals surface area contributed by atoms with Crippen LogP contribution in [0.3, 0.4) is 0 Å². The number of anilines is 2. The highest BCUT2D eigenvalue weighted by molar-refractivity contribution is 5.90. The average molecular weight is 469 g/mol. The van der Waals surface area contributed by atoms with Gasteiger partial charge in [0, 0.05) is 26.2 Å². The van der Waals surface area contributed by atoms with Crippen molar-refractivity contribution in [1.82, 2.24) is 19.7 Å². The molecule has 10 heteroatoms. The van der Waals surface area contributed by atoms with Crippen molar-refractivity contribution in [2.75, 3.05) is 37.4 Å². The molecule has 9 nitrogen and oxygen atoms in total. The Hall–Kier alpha value is -3.95. The van der Waals surface area contributed by atoms with Gasteiger partial charge in [0.1, 0.15) is 18.9 Å². The number of nitrogens with one attached hydrogen (secondary N) is 2. The molecule has 3 aromatic rings. The Kier molecular flexibility index (Phi) is 8.55. The van der Waals surface area contributed by atoms with E-state index in [-0.39, 0.29) is 24.8 Å². The molecule has 34 heavy (non-hydrogen) atoms. The number of likely N-dealkylation sites (N-methyl/N-ethyl adjacent to an activating group) is 1. The number of benzene rings is 1. The lowest BCUT2D eigenvalue weighted by molar-refractivity contribution is -0.131. The third-order valence-corrected chi connectivity index (χ3v) is 5.08. The van der Waals surface area contributed by atoms with E-state index in [4.69, 9.17) is 4.74 Å². The highest BCUT2D eigenvalue weighted by atomic mass is 19.1. The van der Waals surface area contributed by atoms with Gasteiger partial charge in [-0.2, -0.15) is 9.49 Å². The molecule has 0 radical (unpaired) electrons. The SMILES string of the molecule is Cc1ccc(OCCN(C)C(=O)Cn2cc(NC(=O)CCNc3ccc(F)nc3C)cn2)cc1. The molecular weight excluding hydrogens is 439 g/mol. The van der Waals surface area contributed by atoms with Crippen molar-refractivity contribution in [3.05, 3.63) is 66.0 Å². The summed E-state index contributed by atoms with van der Waals surface area (Å²) in [4.78, 5) is 29.9. The van der Waals surface area contributed by atoms with Crippen molar-refractivity contribution < 1.29 is 18.7 Å². The predicted molar refractivity (Wildman–Crippen MR) is 127 cm³/mol. The van der Waals surface area contributed by atoms with E-state index in [1.165, 1.54) is 16.9 Å². The van der Waals surface area contributed by atoms with E-state index in [1.807, 2.05) is 31.2 Å². The molecule has 2 N–H and O–H groups in total. The van der Waals surface area contributed by atoms with Crippen molar-refractivity contribution in [3.63, 3.8) is 0 Å². The van der Waals surface area contributed by atoms with Crippen LogP contribution in [0.25, 0.3) is 0 Å². The van der Waals surface area contributed by atoms with Gasteiger partial charge >= 0.3 is 0 Å². The van der Waals surface area contributed by atoms with Gasteiger partial charge in [0.05, 0.1) is 29.8 Å². The molecule has 2 amide bonds. The number of carbonyl (C=O) groups is 2. The number of ether oxygens (including phenoxy) is 1. The summed E-state index contributed by atoms with van der Waals surface area (Å²) in [5.41, 5.74) is 2.86. The quantitative estimate of drug-likeness (QED) is 0.420.